The Morgan fingerprint density at radius 3 is 3.09 bits per heavy atom. The molecule has 6 heteroatoms. The third kappa shape index (κ3) is 2.49. The lowest BCUT2D eigenvalue weighted by Crippen LogP contribution is -2.42. The van der Waals surface area contributed by atoms with Crippen LogP contribution in [-0.2, 0) is 0 Å². The maximum Gasteiger partial charge on any atom is 0.294 e. The van der Waals surface area contributed by atoms with E-state index in [1.165, 1.54) is 0 Å². The molecule has 4 rings (SSSR count). The number of fused-ring (bicyclic) bond motifs is 2. The zero-order valence-electron chi connectivity index (χ0n) is 12.3. The monoisotopic (exact) mass is 372 g/mol. The van der Waals surface area contributed by atoms with Gasteiger partial charge in [-0.2, -0.15) is 0 Å². The minimum absolute atomic E-state index is 0.125. The molecule has 5 nitrogen and oxygen atoms in total. The number of carbonyl (C=O) groups excluding carboxylic acids is 1. The highest BCUT2D eigenvalue weighted by Crippen LogP contribution is 2.33. The van der Waals surface area contributed by atoms with Gasteiger partial charge in [0, 0.05) is 16.1 Å². The molecule has 0 spiro atoms. The Bertz CT molecular complexity index is 906. The Hall–Kier alpha value is -2.34. The van der Waals surface area contributed by atoms with Crippen LogP contribution in [0.3, 0.4) is 0 Å². The van der Waals surface area contributed by atoms with Gasteiger partial charge < -0.3 is 9.15 Å². The van der Waals surface area contributed by atoms with Crippen molar-refractivity contribution < 1.29 is 13.9 Å². The van der Waals surface area contributed by atoms with E-state index in [-0.39, 0.29) is 12.0 Å². The number of rotatable bonds is 1. The summed E-state index contributed by atoms with van der Waals surface area (Å²) in [5.74, 6) is 0.585. The fraction of sp³-hybridized carbons (Fsp3) is 0.176. The second kappa shape index (κ2) is 5.38. The molecule has 2 aromatic heterocycles. The second-order valence-electron chi connectivity index (χ2n) is 5.46. The van der Waals surface area contributed by atoms with Crippen LogP contribution < -0.4 is 9.64 Å². The van der Waals surface area contributed by atoms with Crippen molar-refractivity contribution in [3.05, 3.63) is 52.8 Å². The van der Waals surface area contributed by atoms with E-state index in [0.717, 1.165) is 9.86 Å². The molecule has 0 aliphatic carbocycles. The Balaban J connectivity index is 1.76. The molecular weight excluding hydrogens is 360 g/mol. The number of amides is 1. The van der Waals surface area contributed by atoms with Gasteiger partial charge in [0.25, 0.3) is 5.91 Å². The molecule has 3 heterocycles. The molecule has 1 aromatic carbocycles. The molecule has 0 bridgehead atoms. The maximum atomic E-state index is 12.9. The van der Waals surface area contributed by atoms with Crippen molar-refractivity contribution >= 4 is 38.5 Å². The van der Waals surface area contributed by atoms with Gasteiger partial charge in [0.2, 0.25) is 5.88 Å². The summed E-state index contributed by atoms with van der Waals surface area (Å²) in [5.41, 5.74) is 1.35. The van der Waals surface area contributed by atoms with Crippen LogP contribution in [0, 0.1) is 0 Å². The molecule has 23 heavy (non-hydrogen) atoms. The SMILES string of the molecule is CC1CN(C(=O)c2cc3cc(Br)ccc3o2)c2cccnc2O1. The molecule has 1 unspecified atom stereocenters. The number of benzene rings is 1. The van der Waals surface area contributed by atoms with Crippen LogP contribution in [0.15, 0.2) is 51.5 Å². The molecule has 1 atom stereocenters. The van der Waals surface area contributed by atoms with Crippen molar-refractivity contribution in [1.82, 2.24) is 4.98 Å². The van der Waals surface area contributed by atoms with Gasteiger partial charge in [-0.25, -0.2) is 4.98 Å². The number of carbonyl (C=O) groups is 1. The highest BCUT2D eigenvalue weighted by atomic mass is 79.9. The number of hydrogen-bond donors (Lipinski definition) is 0. The van der Waals surface area contributed by atoms with Gasteiger partial charge in [-0.05, 0) is 43.3 Å². The van der Waals surface area contributed by atoms with Crippen LogP contribution in [0.1, 0.15) is 17.5 Å². The minimum atomic E-state index is -0.193. The first-order valence-electron chi connectivity index (χ1n) is 7.24. The second-order valence-corrected chi connectivity index (χ2v) is 6.38. The van der Waals surface area contributed by atoms with Gasteiger partial charge in [-0.1, -0.05) is 15.9 Å². The maximum absolute atomic E-state index is 12.9. The summed E-state index contributed by atoms with van der Waals surface area (Å²) in [6.45, 7) is 2.37. The number of anilines is 1. The van der Waals surface area contributed by atoms with Crippen molar-refractivity contribution in [2.75, 3.05) is 11.4 Å². The van der Waals surface area contributed by atoms with Crippen LogP contribution in [-0.4, -0.2) is 23.5 Å². The molecule has 1 amide bonds. The smallest absolute Gasteiger partial charge is 0.294 e. The predicted octanol–water partition coefficient (Wildman–Crippen LogP) is 4.02. The highest BCUT2D eigenvalue weighted by molar-refractivity contribution is 9.10. The quantitative estimate of drug-likeness (QED) is 0.647. The van der Waals surface area contributed by atoms with E-state index in [2.05, 4.69) is 20.9 Å². The number of pyridine rings is 1. The third-order valence-electron chi connectivity index (χ3n) is 3.73. The summed E-state index contributed by atoms with van der Waals surface area (Å²) in [6, 6.07) is 11.0. The van der Waals surface area contributed by atoms with E-state index in [1.807, 2.05) is 31.2 Å². The molecule has 0 saturated heterocycles. The summed E-state index contributed by atoms with van der Waals surface area (Å²) in [7, 11) is 0. The lowest BCUT2D eigenvalue weighted by Gasteiger charge is -2.31. The Labute approximate surface area is 141 Å². The normalized spacial score (nSPS) is 17.0. The summed E-state index contributed by atoms with van der Waals surface area (Å²) in [6.07, 6.45) is 1.53. The van der Waals surface area contributed by atoms with Crippen LogP contribution in [0.2, 0.25) is 0 Å². The van der Waals surface area contributed by atoms with Gasteiger partial charge in [0.1, 0.15) is 17.4 Å². The summed E-state index contributed by atoms with van der Waals surface area (Å²) < 4.78 is 12.3. The van der Waals surface area contributed by atoms with Crippen LogP contribution in [0.25, 0.3) is 11.0 Å². The van der Waals surface area contributed by atoms with Crippen molar-refractivity contribution in [2.45, 2.75) is 13.0 Å². The summed E-state index contributed by atoms with van der Waals surface area (Å²) in [5, 5.41) is 0.885. The standard InChI is InChI=1S/C17H13BrN2O3/c1-10-9-20(13-3-2-6-19-16(13)22-10)17(21)15-8-11-7-12(18)4-5-14(11)23-15/h2-8,10H,9H2,1H3. The molecule has 0 fully saturated rings. The fourth-order valence-corrected chi connectivity index (χ4v) is 3.09. The molecule has 1 aliphatic rings. The van der Waals surface area contributed by atoms with E-state index in [9.17, 15) is 4.79 Å². The molecule has 3 aromatic rings. The van der Waals surface area contributed by atoms with Crippen molar-refractivity contribution in [1.29, 1.82) is 0 Å². The number of nitrogens with zero attached hydrogens (tertiary/aromatic N) is 2. The number of aromatic nitrogens is 1. The van der Waals surface area contributed by atoms with Crippen molar-refractivity contribution in [3.63, 3.8) is 0 Å². The number of halogens is 1. The molecule has 1 aliphatic heterocycles. The highest BCUT2D eigenvalue weighted by Gasteiger charge is 2.30. The molecule has 0 radical (unpaired) electrons. The molecule has 116 valence electrons. The number of ether oxygens (including phenoxy) is 1. The first-order valence-corrected chi connectivity index (χ1v) is 8.04. The van der Waals surface area contributed by atoms with Gasteiger partial charge in [0.15, 0.2) is 5.76 Å². The van der Waals surface area contributed by atoms with Crippen LogP contribution in [0.4, 0.5) is 5.69 Å². The fourth-order valence-electron chi connectivity index (χ4n) is 2.71. The minimum Gasteiger partial charge on any atom is -0.471 e. The van der Waals surface area contributed by atoms with E-state index in [1.54, 1.807) is 23.2 Å². The van der Waals surface area contributed by atoms with E-state index < -0.39 is 0 Å². The van der Waals surface area contributed by atoms with E-state index in [4.69, 9.17) is 9.15 Å². The van der Waals surface area contributed by atoms with Gasteiger partial charge in [-0.15, -0.1) is 0 Å². The topological polar surface area (TPSA) is 55.6 Å². The third-order valence-corrected chi connectivity index (χ3v) is 4.22. The Morgan fingerprint density at radius 2 is 2.22 bits per heavy atom. The zero-order chi connectivity index (χ0) is 16.0. The first-order chi connectivity index (χ1) is 11.1. The molecule has 0 saturated carbocycles. The van der Waals surface area contributed by atoms with Gasteiger partial charge >= 0.3 is 0 Å². The van der Waals surface area contributed by atoms with E-state index >= 15 is 0 Å². The largest absolute Gasteiger partial charge is 0.471 e. The predicted molar refractivity (Wildman–Crippen MR) is 89.9 cm³/mol. The lowest BCUT2D eigenvalue weighted by atomic mass is 10.2. The number of hydrogen-bond acceptors (Lipinski definition) is 4. The summed E-state index contributed by atoms with van der Waals surface area (Å²) >= 11 is 3.42. The average molecular weight is 373 g/mol. The lowest BCUT2D eigenvalue weighted by molar-refractivity contribution is 0.0934. The van der Waals surface area contributed by atoms with Crippen molar-refractivity contribution in [2.24, 2.45) is 0 Å². The Kier molecular flexibility index (Phi) is 3.34. The Morgan fingerprint density at radius 1 is 1.35 bits per heavy atom. The molecule has 0 N–H and O–H groups in total. The number of furan rings is 1. The average Bonchev–Trinajstić information content (AvgIpc) is 2.96. The zero-order valence-corrected chi connectivity index (χ0v) is 13.9. The van der Waals surface area contributed by atoms with Crippen LogP contribution in [0.5, 0.6) is 5.88 Å². The van der Waals surface area contributed by atoms with Crippen LogP contribution >= 0.6 is 15.9 Å². The van der Waals surface area contributed by atoms with Gasteiger partial charge in [0.05, 0.1) is 6.54 Å². The van der Waals surface area contributed by atoms with E-state index in [0.29, 0.717) is 29.5 Å². The first kappa shape index (κ1) is 14.3. The molecular formula is C17H13BrN2O3. The van der Waals surface area contributed by atoms with Gasteiger partial charge in [-0.3, -0.25) is 9.69 Å². The van der Waals surface area contributed by atoms with Crippen molar-refractivity contribution in [3.8, 4) is 5.88 Å². The summed E-state index contributed by atoms with van der Waals surface area (Å²) in [4.78, 5) is 18.8.